The van der Waals surface area contributed by atoms with E-state index in [1.807, 2.05) is 24.4 Å². The van der Waals surface area contributed by atoms with E-state index in [-0.39, 0.29) is 23.3 Å². The van der Waals surface area contributed by atoms with Crippen LogP contribution < -0.4 is 10.6 Å². The van der Waals surface area contributed by atoms with Crippen molar-refractivity contribution in [1.29, 1.82) is 0 Å². The lowest BCUT2D eigenvalue weighted by Gasteiger charge is -2.55. The SMILES string of the molecule is CC(NC(=O)CCNC(=O)C12CC3CC(CC(C3)C1)C2)c1cccs1. The molecule has 1 unspecified atom stereocenters. The van der Waals surface area contributed by atoms with Crippen LogP contribution in [0.4, 0.5) is 0 Å². The molecule has 0 aromatic carbocycles. The fourth-order valence-electron chi connectivity index (χ4n) is 5.79. The van der Waals surface area contributed by atoms with Crippen LogP contribution in [-0.2, 0) is 9.59 Å². The Hall–Kier alpha value is -1.36. The van der Waals surface area contributed by atoms with Gasteiger partial charge in [0.25, 0.3) is 0 Å². The zero-order chi connectivity index (χ0) is 17.4. The third kappa shape index (κ3) is 3.48. The summed E-state index contributed by atoms with van der Waals surface area (Å²) < 4.78 is 0. The predicted molar refractivity (Wildman–Crippen MR) is 99.1 cm³/mol. The summed E-state index contributed by atoms with van der Waals surface area (Å²) in [4.78, 5) is 26.1. The van der Waals surface area contributed by atoms with Gasteiger partial charge in [0.2, 0.25) is 11.8 Å². The van der Waals surface area contributed by atoms with Crippen molar-refractivity contribution in [3.05, 3.63) is 22.4 Å². The zero-order valence-corrected chi connectivity index (χ0v) is 15.7. The molecule has 4 aliphatic carbocycles. The third-order valence-corrected chi connectivity index (χ3v) is 7.56. The van der Waals surface area contributed by atoms with Gasteiger partial charge in [-0.05, 0) is 74.6 Å². The molecule has 4 bridgehead atoms. The van der Waals surface area contributed by atoms with Crippen molar-refractivity contribution in [2.45, 2.75) is 57.9 Å². The Balaban J connectivity index is 1.25. The summed E-state index contributed by atoms with van der Waals surface area (Å²) in [5.41, 5.74) is -0.116. The van der Waals surface area contributed by atoms with E-state index in [9.17, 15) is 9.59 Å². The lowest BCUT2D eigenvalue weighted by molar-refractivity contribution is -0.146. The minimum absolute atomic E-state index is 0.00621. The number of carbonyl (C=O) groups is 2. The Morgan fingerprint density at radius 1 is 1.20 bits per heavy atom. The average Bonchev–Trinajstić information content (AvgIpc) is 3.08. The Morgan fingerprint density at radius 2 is 1.84 bits per heavy atom. The summed E-state index contributed by atoms with van der Waals surface area (Å²) in [6.45, 7) is 2.45. The van der Waals surface area contributed by atoms with Gasteiger partial charge in [-0.15, -0.1) is 11.3 Å². The van der Waals surface area contributed by atoms with E-state index >= 15 is 0 Å². The topological polar surface area (TPSA) is 58.2 Å². The van der Waals surface area contributed by atoms with Crippen molar-refractivity contribution in [3.8, 4) is 0 Å². The van der Waals surface area contributed by atoms with E-state index in [1.54, 1.807) is 11.3 Å². The summed E-state index contributed by atoms with van der Waals surface area (Å²) in [5, 5.41) is 8.11. The maximum Gasteiger partial charge on any atom is 0.226 e. The van der Waals surface area contributed by atoms with Crippen LogP contribution in [0.5, 0.6) is 0 Å². The zero-order valence-electron chi connectivity index (χ0n) is 14.9. The first-order valence-electron chi connectivity index (χ1n) is 9.65. The molecule has 136 valence electrons. The molecule has 0 saturated heterocycles. The van der Waals surface area contributed by atoms with Crippen LogP contribution in [0.25, 0.3) is 0 Å². The highest BCUT2D eigenvalue weighted by atomic mass is 32.1. The van der Waals surface area contributed by atoms with Gasteiger partial charge in [-0.25, -0.2) is 0 Å². The molecule has 0 aliphatic heterocycles. The number of hydrogen-bond donors (Lipinski definition) is 2. The molecule has 2 amide bonds. The Morgan fingerprint density at radius 3 is 2.40 bits per heavy atom. The van der Waals surface area contributed by atoms with Crippen LogP contribution in [0, 0.1) is 23.2 Å². The smallest absolute Gasteiger partial charge is 0.226 e. The van der Waals surface area contributed by atoms with Gasteiger partial charge in [0.15, 0.2) is 0 Å². The molecule has 25 heavy (non-hydrogen) atoms. The van der Waals surface area contributed by atoms with Crippen LogP contribution in [0.3, 0.4) is 0 Å². The maximum atomic E-state index is 12.8. The molecule has 0 radical (unpaired) electrons. The highest BCUT2D eigenvalue weighted by molar-refractivity contribution is 7.10. The Labute approximate surface area is 153 Å². The predicted octanol–water partition coefficient (Wildman–Crippen LogP) is 3.65. The quantitative estimate of drug-likeness (QED) is 0.813. The van der Waals surface area contributed by atoms with Crippen molar-refractivity contribution >= 4 is 23.2 Å². The summed E-state index contributed by atoms with van der Waals surface area (Å²) in [5.74, 6) is 2.53. The lowest BCUT2D eigenvalue weighted by Crippen LogP contribution is -2.53. The molecule has 2 N–H and O–H groups in total. The van der Waals surface area contributed by atoms with Gasteiger partial charge in [-0.1, -0.05) is 6.07 Å². The van der Waals surface area contributed by atoms with Crippen molar-refractivity contribution < 1.29 is 9.59 Å². The van der Waals surface area contributed by atoms with Gasteiger partial charge in [-0.3, -0.25) is 9.59 Å². The van der Waals surface area contributed by atoms with Crippen molar-refractivity contribution in [2.24, 2.45) is 23.2 Å². The van der Waals surface area contributed by atoms with E-state index < -0.39 is 0 Å². The van der Waals surface area contributed by atoms with Crippen molar-refractivity contribution in [1.82, 2.24) is 10.6 Å². The molecule has 1 aromatic rings. The Kier molecular flexibility index (Phi) is 4.61. The van der Waals surface area contributed by atoms with Gasteiger partial charge in [0.05, 0.1) is 6.04 Å². The molecule has 4 nitrogen and oxygen atoms in total. The molecule has 1 atom stereocenters. The average molecular weight is 361 g/mol. The van der Waals surface area contributed by atoms with Crippen LogP contribution >= 0.6 is 11.3 Å². The summed E-state index contributed by atoms with van der Waals surface area (Å²) in [7, 11) is 0. The molecular formula is C20H28N2O2S. The summed E-state index contributed by atoms with van der Waals surface area (Å²) in [6.07, 6.45) is 7.61. The highest BCUT2D eigenvalue weighted by Gasteiger charge is 2.54. The maximum absolute atomic E-state index is 12.8. The molecule has 4 saturated carbocycles. The van der Waals surface area contributed by atoms with E-state index in [4.69, 9.17) is 0 Å². The second-order valence-corrected chi connectivity index (χ2v) is 9.49. The third-order valence-electron chi connectivity index (χ3n) is 6.50. The Bertz CT molecular complexity index is 605. The molecule has 5 rings (SSSR count). The monoisotopic (exact) mass is 360 g/mol. The number of hydrogen-bond acceptors (Lipinski definition) is 3. The van der Waals surface area contributed by atoms with Crippen molar-refractivity contribution in [3.63, 3.8) is 0 Å². The molecule has 4 fully saturated rings. The number of amides is 2. The normalized spacial score (nSPS) is 33.9. The van der Waals surface area contributed by atoms with Crippen LogP contribution in [-0.4, -0.2) is 18.4 Å². The first-order valence-corrected chi connectivity index (χ1v) is 10.5. The second kappa shape index (κ2) is 6.75. The minimum Gasteiger partial charge on any atom is -0.355 e. The van der Waals surface area contributed by atoms with Gasteiger partial charge >= 0.3 is 0 Å². The lowest BCUT2D eigenvalue weighted by atomic mass is 9.49. The van der Waals surface area contributed by atoms with Gasteiger partial charge in [-0.2, -0.15) is 0 Å². The molecule has 0 spiro atoms. The molecular weight excluding hydrogens is 332 g/mol. The van der Waals surface area contributed by atoms with E-state index in [1.165, 1.54) is 19.3 Å². The van der Waals surface area contributed by atoms with Gasteiger partial charge < -0.3 is 10.6 Å². The first kappa shape index (κ1) is 17.1. The van der Waals surface area contributed by atoms with Gasteiger partial charge in [0.1, 0.15) is 0 Å². The van der Waals surface area contributed by atoms with E-state index in [2.05, 4.69) is 10.6 Å². The number of thiophene rings is 1. The number of rotatable bonds is 6. The fourth-order valence-corrected chi connectivity index (χ4v) is 6.52. The van der Waals surface area contributed by atoms with E-state index in [0.29, 0.717) is 13.0 Å². The standard InChI is InChI=1S/C20H28N2O2S/c1-13(17-3-2-6-25-17)22-18(23)4-5-21-19(24)20-10-14-7-15(11-20)9-16(8-14)12-20/h2-3,6,13-16H,4-5,7-12H2,1H3,(H,21,24)(H,22,23). The number of carbonyl (C=O) groups excluding carboxylic acids is 2. The first-order chi connectivity index (χ1) is 12.0. The fraction of sp³-hybridized carbons (Fsp3) is 0.700. The van der Waals surface area contributed by atoms with E-state index in [0.717, 1.165) is 41.9 Å². The highest BCUT2D eigenvalue weighted by Crippen LogP contribution is 2.60. The van der Waals surface area contributed by atoms with Crippen LogP contribution in [0.1, 0.15) is 62.8 Å². The van der Waals surface area contributed by atoms with Crippen molar-refractivity contribution in [2.75, 3.05) is 6.54 Å². The largest absolute Gasteiger partial charge is 0.355 e. The molecule has 4 aliphatic rings. The second-order valence-electron chi connectivity index (χ2n) is 8.51. The molecule has 1 heterocycles. The van der Waals surface area contributed by atoms with Crippen LogP contribution in [0.15, 0.2) is 17.5 Å². The van der Waals surface area contributed by atoms with Gasteiger partial charge in [0, 0.05) is 23.3 Å². The summed E-state index contributed by atoms with van der Waals surface area (Å²) >= 11 is 1.65. The summed E-state index contributed by atoms with van der Waals surface area (Å²) in [6, 6.07) is 4.06. The molecule has 5 heteroatoms. The number of nitrogens with one attached hydrogen (secondary N) is 2. The van der Waals surface area contributed by atoms with Crippen LogP contribution in [0.2, 0.25) is 0 Å². The molecule has 1 aromatic heterocycles. The minimum atomic E-state index is -0.116.